The molecule has 2 N–H and O–H groups in total. The third-order valence-corrected chi connectivity index (χ3v) is 8.52. The molecule has 0 radical (unpaired) electrons. The lowest BCUT2D eigenvalue weighted by Crippen LogP contribution is -2.40. The molecule has 5 nitrogen and oxygen atoms in total. The van der Waals surface area contributed by atoms with E-state index in [-0.39, 0.29) is 0 Å². The Morgan fingerprint density at radius 1 is 0.667 bits per heavy atom. The highest BCUT2D eigenvalue weighted by molar-refractivity contribution is 7.87. The van der Waals surface area contributed by atoms with Crippen LogP contribution in [-0.4, -0.2) is 19.1 Å². The van der Waals surface area contributed by atoms with E-state index in [1.165, 1.54) is 122 Å². The van der Waals surface area contributed by atoms with Crippen molar-refractivity contribution in [2.75, 3.05) is 9.62 Å². The van der Waals surface area contributed by atoms with Crippen LogP contribution >= 0.6 is 0 Å². The van der Waals surface area contributed by atoms with Crippen LogP contribution in [0.4, 0.5) is 11.4 Å². The van der Waals surface area contributed by atoms with Crippen molar-refractivity contribution < 1.29 is 13.0 Å². The molecular weight excluding hydrogens is 468 g/mol. The molecule has 0 aromatic heterocycles. The average molecular weight is 523 g/mol. The summed E-state index contributed by atoms with van der Waals surface area (Å²) < 4.78 is 34.5. The number of nitrogens with one attached hydrogen (secondary N) is 1. The third kappa shape index (κ3) is 12.8. The van der Waals surface area contributed by atoms with Gasteiger partial charge in [0, 0.05) is 0 Å². The predicted octanol–water partition coefficient (Wildman–Crippen LogP) is 9.65. The largest absolute Gasteiger partial charge is 0.363 e. The van der Waals surface area contributed by atoms with Gasteiger partial charge in [0.25, 0.3) is 0 Å². The molecule has 208 valence electrons. The minimum Gasteiger partial charge on any atom is -0.363 e. The first kappa shape index (κ1) is 31.0. The van der Waals surface area contributed by atoms with Crippen LogP contribution in [0, 0.1) is 0 Å². The lowest BCUT2D eigenvalue weighted by atomic mass is 10.0. The van der Waals surface area contributed by atoms with Crippen LogP contribution in [-0.2, 0) is 10.3 Å². The van der Waals surface area contributed by atoms with Gasteiger partial charge in [0.05, 0.1) is 11.4 Å². The summed E-state index contributed by atoms with van der Waals surface area (Å²) in [6.07, 6.45) is 28.8. The zero-order chi connectivity index (χ0) is 25.9. The van der Waals surface area contributed by atoms with Gasteiger partial charge in [0.2, 0.25) is 0 Å². The molecule has 1 heterocycles. The summed E-state index contributed by atoms with van der Waals surface area (Å²) in [5, 5.41) is 3.24. The molecule has 0 saturated carbocycles. The van der Waals surface area contributed by atoms with Crippen molar-refractivity contribution in [3.63, 3.8) is 0 Å². The van der Waals surface area contributed by atoms with Gasteiger partial charge < -0.3 is 5.32 Å². The van der Waals surface area contributed by atoms with E-state index in [1.54, 1.807) is 12.1 Å². The molecule has 0 saturated heterocycles. The highest BCUT2D eigenvalue weighted by atomic mass is 32.2. The highest BCUT2D eigenvalue weighted by Gasteiger charge is 2.35. The number of hydrogen-bond donors (Lipinski definition) is 2. The van der Waals surface area contributed by atoms with Crippen molar-refractivity contribution in [3.05, 3.63) is 24.3 Å². The highest BCUT2D eigenvalue weighted by Crippen LogP contribution is 2.37. The minimum absolute atomic E-state index is 0.391. The zero-order valence-electron chi connectivity index (χ0n) is 23.1. The smallest absolute Gasteiger partial charge is 0.361 e. The summed E-state index contributed by atoms with van der Waals surface area (Å²) in [7, 11) is -4.27. The number of unbranched alkanes of at least 4 members (excludes halogenated alkanes) is 20. The van der Waals surface area contributed by atoms with Crippen molar-refractivity contribution in [1.29, 1.82) is 0 Å². The Balaban J connectivity index is 1.34. The summed E-state index contributed by atoms with van der Waals surface area (Å²) in [6.45, 7) is 2.28. The molecule has 1 unspecified atom stereocenters. The maximum absolute atomic E-state index is 11.9. The molecule has 1 aromatic rings. The SMILES string of the molecule is CCCCCCCCCCCCCCCCCCCCCCCC1Nc2ccccc2N1S(=O)(=O)O. The fourth-order valence-corrected chi connectivity index (χ4v) is 6.33. The van der Waals surface area contributed by atoms with Gasteiger partial charge in [0.15, 0.2) is 0 Å². The lowest BCUT2D eigenvalue weighted by Gasteiger charge is -2.23. The molecule has 1 aromatic carbocycles. The number of hydrogen-bond acceptors (Lipinski definition) is 3. The summed E-state index contributed by atoms with van der Waals surface area (Å²) >= 11 is 0. The Morgan fingerprint density at radius 2 is 1.06 bits per heavy atom. The maximum Gasteiger partial charge on any atom is 0.361 e. The quantitative estimate of drug-likeness (QED) is 0.111. The molecule has 0 fully saturated rings. The summed E-state index contributed by atoms with van der Waals surface area (Å²) in [5.74, 6) is 0. The van der Waals surface area contributed by atoms with Crippen molar-refractivity contribution in [1.82, 2.24) is 0 Å². The molecule has 0 bridgehead atoms. The topological polar surface area (TPSA) is 69.6 Å². The van der Waals surface area contributed by atoms with Crippen molar-refractivity contribution in [2.45, 2.75) is 154 Å². The van der Waals surface area contributed by atoms with Gasteiger partial charge in [-0.1, -0.05) is 147 Å². The van der Waals surface area contributed by atoms with E-state index in [4.69, 9.17) is 0 Å². The monoisotopic (exact) mass is 522 g/mol. The summed E-state index contributed by atoms with van der Waals surface area (Å²) in [4.78, 5) is 0. The van der Waals surface area contributed by atoms with Crippen LogP contribution in [0.3, 0.4) is 0 Å². The Morgan fingerprint density at radius 3 is 1.47 bits per heavy atom. The minimum atomic E-state index is -4.27. The number of anilines is 2. The first-order valence-corrected chi connectivity index (χ1v) is 16.6. The van der Waals surface area contributed by atoms with Crippen LogP contribution in [0.1, 0.15) is 148 Å². The standard InChI is InChI=1S/C30H54N2O3S/c1-2-3-4-5-6-7-8-9-10-11-12-13-14-15-16-17-18-19-20-21-22-27-30-31-28-25-23-24-26-29(28)32(30)36(33,34)35/h23-26,30-31H,2-22,27H2,1H3,(H,33,34,35). The molecule has 36 heavy (non-hydrogen) atoms. The average Bonchev–Trinajstić information content (AvgIpc) is 3.24. The van der Waals surface area contributed by atoms with E-state index >= 15 is 0 Å². The molecule has 1 aliphatic heterocycles. The predicted molar refractivity (Wildman–Crippen MR) is 155 cm³/mol. The maximum atomic E-state index is 11.9. The van der Waals surface area contributed by atoms with E-state index in [9.17, 15) is 13.0 Å². The lowest BCUT2D eigenvalue weighted by molar-refractivity contribution is 0.467. The number of benzene rings is 1. The number of para-hydroxylation sites is 2. The van der Waals surface area contributed by atoms with E-state index in [1.807, 2.05) is 12.1 Å². The van der Waals surface area contributed by atoms with E-state index in [0.717, 1.165) is 22.8 Å². The fraction of sp³-hybridized carbons (Fsp3) is 0.800. The van der Waals surface area contributed by atoms with E-state index in [2.05, 4.69) is 12.2 Å². The second kappa shape index (κ2) is 18.9. The second-order valence-electron chi connectivity index (χ2n) is 10.8. The van der Waals surface area contributed by atoms with Gasteiger partial charge in [-0.05, 0) is 25.0 Å². The zero-order valence-corrected chi connectivity index (χ0v) is 23.9. The molecule has 1 aliphatic rings. The molecule has 0 spiro atoms. The van der Waals surface area contributed by atoms with Crippen LogP contribution in [0.25, 0.3) is 0 Å². The van der Waals surface area contributed by atoms with Crippen LogP contribution in [0.15, 0.2) is 24.3 Å². The fourth-order valence-electron chi connectivity index (χ4n) is 5.44. The Kier molecular flexibility index (Phi) is 16.2. The molecule has 1 atom stereocenters. The number of rotatable bonds is 23. The van der Waals surface area contributed by atoms with Crippen molar-refractivity contribution in [2.24, 2.45) is 0 Å². The Labute approximate surface area is 222 Å². The third-order valence-electron chi connectivity index (χ3n) is 7.58. The van der Waals surface area contributed by atoms with E-state index < -0.39 is 16.5 Å². The van der Waals surface area contributed by atoms with Gasteiger partial charge in [-0.3, -0.25) is 4.55 Å². The van der Waals surface area contributed by atoms with Gasteiger partial charge in [-0.15, -0.1) is 0 Å². The van der Waals surface area contributed by atoms with Gasteiger partial charge in [-0.2, -0.15) is 8.42 Å². The van der Waals surface area contributed by atoms with Gasteiger partial charge in [-0.25, -0.2) is 4.31 Å². The second-order valence-corrected chi connectivity index (χ2v) is 12.1. The van der Waals surface area contributed by atoms with Crippen LogP contribution < -0.4 is 9.62 Å². The molecule has 0 aliphatic carbocycles. The van der Waals surface area contributed by atoms with Crippen molar-refractivity contribution in [3.8, 4) is 0 Å². The Hall–Kier alpha value is -1.27. The first-order chi connectivity index (χ1) is 17.5. The summed E-state index contributed by atoms with van der Waals surface area (Å²) in [6, 6.07) is 7.24. The summed E-state index contributed by atoms with van der Waals surface area (Å²) in [5.41, 5.74) is 1.30. The van der Waals surface area contributed by atoms with Gasteiger partial charge in [0.1, 0.15) is 6.17 Å². The molecule has 2 rings (SSSR count). The molecule has 0 amide bonds. The Bertz CT molecular complexity index is 784. The normalized spacial score (nSPS) is 15.3. The van der Waals surface area contributed by atoms with Gasteiger partial charge >= 0.3 is 10.3 Å². The van der Waals surface area contributed by atoms with Crippen molar-refractivity contribution >= 4 is 21.7 Å². The molecule has 6 heteroatoms. The number of nitrogens with zero attached hydrogens (tertiary/aromatic N) is 1. The van der Waals surface area contributed by atoms with Crippen LogP contribution in [0.5, 0.6) is 0 Å². The molecular formula is C30H54N2O3S. The van der Waals surface area contributed by atoms with Crippen LogP contribution in [0.2, 0.25) is 0 Å². The first-order valence-electron chi connectivity index (χ1n) is 15.2. The van der Waals surface area contributed by atoms with E-state index in [0.29, 0.717) is 12.1 Å². The number of fused-ring (bicyclic) bond motifs is 1.